The number of rotatable bonds is 6. The van der Waals surface area contributed by atoms with Crippen LogP contribution in [0, 0.1) is 34.5 Å². The van der Waals surface area contributed by atoms with Crippen LogP contribution in [-0.4, -0.2) is 68.9 Å². The summed E-state index contributed by atoms with van der Waals surface area (Å²) in [5.74, 6) is 0.667. The summed E-state index contributed by atoms with van der Waals surface area (Å²) in [6.45, 7) is 9.68. The van der Waals surface area contributed by atoms with Gasteiger partial charge in [-0.15, -0.1) is 23.5 Å². The van der Waals surface area contributed by atoms with Crippen molar-refractivity contribution in [2.45, 2.75) is 76.7 Å². The van der Waals surface area contributed by atoms with Gasteiger partial charge >= 0.3 is 0 Å². The number of thioether (sulfide) groups is 2. The molecule has 9 heteroatoms. The number of fused-ring (bicyclic) bond motifs is 1. The maximum Gasteiger partial charge on any atom is 0.241 e. The predicted octanol–water partition coefficient (Wildman–Crippen LogP) is 2.79. The molecule has 4 fully saturated rings. The molecule has 2 bridgehead atoms. The molecule has 0 aromatic heterocycles. The van der Waals surface area contributed by atoms with E-state index in [0.29, 0.717) is 5.92 Å². The molecule has 2 saturated carbocycles. The van der Waals surface area contributed by atoms with Crippen LogP contribution in [-0.2, 0) is 14.8 Å². The SMILES string of the molecule is C[C@@H]([C@@H](O)[C@H](C)C(=O)N1[C@H]2C[C@@H]3CC[C@@]2(CS1(=O)=O)C3(C)C)[C@H](O)[C@H](C)C1SCCS1. The fraction of sp³-hybridized carbons (Fsp3) is 0.955. The van der Waals surface area contributed by atoms with E-state index in [1.165, 1.54) is 0 Å². The molecule has 6 nitrogen and oxygen atoms in total. The minimum absolute atomic E-state index is 0.0189. The maximum absolute atomic E-state index is 13.5. The fourth-order valence-corrected chi connectivity index (χ4v) is 12.6. The first-order valence-corrected chi connectivity index (χ1v) is 15.2. The van der Waals surface area contributed by atoms with Crippen LogP contribution in [0.25, 0.3) is 0 Å². The van der Waals surface area contributed by atoms with E-state index in [9.17, 15) is 23.4 Å². The molecule has 2 saturated heterocycles. The van der Waals surface area contributed by atoms with Crippen LogP contribution in [0.3, 0.4) is 0 Å². The van der Waals surface area contributed by atoms with Gasteiger partial charge in [-0.05, 0) is 30.6 Å². The molecule has 0 aromatic rings. The van der Waals surface area contributed by atoms with Crippen molar-refractivity contribution in [1.82, 2.24) is 4.31 Å². The highest BCUT2D eigenvalue weighted by molar-refractivity contribution is 8.20. The number of hydrogen-bond acceptors (Lipinski definition) is 7. The number of hydrogen-bond donors (Lipinski definition) is 2. The van der Waals surface area contributed by atoms with Crippen molar-refractivity contribution in [3.8, 4) is 0 Å². The van der Waals surface area contributed by atoms with Crippen molar-refractivity contribution in [1.29, 1.82) is 0 Å². The lowest BCUT2D eigenvalue weighted by molar-refractivity contribution is -0.139. The van der Waals surface area contributed by atoms with Crippen LogP contribution in [0.5, 0.6) is 0 Å². The molecule has 0 radical (unpaired) electrons. The molecule has 4 aliphatic rings. The molecule has 178 valence electrons. The smallest absolute Gasteiger partial charge is 0.241 e. The van der Waals surface area contributed by atoms with Gasteiger partial charge < -0.3 is 10.2 Å². The number of carbonyl (C=O) groups excluding carboxylic acids is 1. The van der Waals surface area contributed by atoms with Crippen LogP contribution < -0.4 is 0 Å². The normalized spacial score (nSPS) is 38.6. The van der Waals surface area contributed by atoms with Gasteiger partial charge in [0.2, 0.25) is 15.9 Å². The van der Waals surface area contributed by atoms with E-state index in [2.05, 4.69) is 13.8 Å². The van der Waals surface area contributed by atoms with Crippen LogP contribution >= 0.6 is 23.5 Å². The topological polar surface area (TPSA) is 94.9 Å². The van der Waals surface area contributed by atoms with Crippen LogP contribution in [0.15, 0.2) is 0 Å². The van der Waals surface area contributed by atoms with Gasteiger partial charge in [-0.1, -0.05) is 34.6 Å². The Kier molecular flexibility index (Phi) is 6.29. The lowest BCUT2D eigenvalue weighted by Crippen LogP contribution is -2.50. The van der Waals surface area contributed by atoms with Gasteiger partial charge in [-0.25, -0.2) is 12.7 Å². The predicted molar refractivity (Wildman–Crippen MR) is 126 cm³/mol. The summed E-state index contributed by atoms with van der Waals surface area (Å²) >= 11 is 3.65. The van der Waals surface area contributed by atoms with Crippen molar-refractivity contribution in [3.63, 3.8) is 0 Å². The van der Waals surface area contributed by atoms with Gasteiger partial charge in [0.25, 0.3) is 0 Å². The van der Waals surface area contributed by atoms with Gasteiger partial charge in [-0.3, -0.25) is 4.79 Å². The number of aliphatic hydroxyl groups excluding tert-OH is 2. The molecule has 1 amide bonds. The largest absolute Gasteiger partial charge is 0.392 e. The lowest BCUT2D eigenvalue weighted by atomic mass is 9.69. The van der Waals surface area contributed by atoms with Crippen molar-refractivity contribution in [3.05, 3.63) is 0 Å². The van der Waals surface area contributed by atoms with E-state index < -0.39 is 40.0 Å². The van der Waals surface area contributed by atoms with E-state index in [-0.39, 0.29) is 33.1 Å². The Labute approximate surface area is 195 Å². The molecule has 2 aliphatic heterocycles. The maximum atomic E-state index is 13.5. The fourth-order valence-electron chi connectivity index (χ4n) is 6.90. The monoisotopic (exact) mass is 491 g/mol. The van der Waals surface area contributed by atoms with Crippen molar-refractivity contribution in [2.75, 3.05) is 17.3 Å². The quantitative estimate of drug-likeness (QED) is 0.590. The van der Waals surface area contributed by atoms with E-state index in [1.807, 2.05) is 30.4 Å². The summed E-state index contributed by atoms with van der Waals surface area (Å²) in [5.41, 5.74) is -0.468. The Bertz CT molecular complexity index is 827. The Morgan fingerprint density at radius 2 is 1.71 bits per heavy atom. The summed E-state index contributed by atoms with van der Waals surface area (Å²) in [6.07, 6.45) is 0.749. The van der Waals surface area contributed by atoms with Crippen molar-refractivity contribution < 1.29 is 23.4 Å². The Balaban J connectivity index is 1.51. The molecule has 8 atom stereocenters. The summed E-state index contributed by atoms with van der Waals surface area (Å²) in [4.78, 5) is 13.5. The molecule has 0 unspecified atom stereocenters. The van der Waals surface area contributed by atoms with E-state index >= 15 is 0 Å². The Hall–Kier alpha value is 0.0400. The second kappa shape index (κ2) is 8.07. The molecule has 2 N–H and O–H groups in total. The first-order chi connectivity index (χ1) is 14.3. The van der Waals surface area contributed by atoms with Crippen LogP contribution in [0.4, 0.5) is 0 Å². The second-order valence-electron chi connectivity index (χ2n) is 10.9. The van der Waals surface area contributed by atoms with E-state index in [1.54, 1.807) is 13.8 Å². The molecular formula is C22H37NO5S3. The Morgan fingerprint density at radius 1 is 1.10 bits per heavy atom. The van der Waals surface area contributed by atoms with E-state index in [4.69, 9.17) is 0 Å². The highest BCUT2D eigenvalue weighted by atomic mass is 32.2. The molecule has 1 spiro atoms. The van der Waals surface area contributed by atoms with Crippen molar-refractivity contribution >= 4 is 39.5 Å². The highest BCUT2D eigenvalue weighted by Gasteiger charge is 2.72. The third kappa shape index (κ3) is 3.51. The first kappa shape index (κ1) is 24.2. The van der Waals surface area contributed by atoms with Gasteiger partial charge in [0.05, 0.1) is 34.5 Å². The molecule has 0 aromatic carbocycles. The number of carbonyl (C=O) groups is 1. The zero-order valence-corrected chi connectivity index (χ0v) is 21.6. The zero-order chi connectivity index (χ0) is 22.9. The molecule has 2 aliphatic carbocycles. The van der Waals surface area contributed by atoms with Gasteiger partial charge in [0, 0.05) is 28.8 Å². The summed E-state index contributed by atoms with van der Waals surface area (Å²) in [6, 6.07) is -0.293. The standard InChI is InChI=1S/C22H37NO5S3/c1-12(18(25)14(3)20-29-8-9-30-20)17(24)13(2)19(26)23-16-10-15-6-7-22(16,21(15,4)5)11-31(23,27)28/h12-18,20,24-25H,6-11H2,1-5H3/t12-,13-,14-,15-,16-,17+,18-,22-/m0/s1. The van der Waals surface area contributed by atoms with Gasteiger partial charge in [-0.2, -0.15) is 0 Å². The molecule has 2 heterocycles. The van der Waals surface area contributed by atoms with Crippen LogP contribution in [0.1, 0.15) is 53.9 Å². The zero-order valence-electron chi connectivity index (χ0n) is 19.2. The number of sulfonamides is 1. The third-order valence-electron chi connectivity index (χ3n) is 9.22. The highest BCUT2D eigenvalue weighted by Crippen LogP contribution is 2.70. The lowest BCUT2D eigenvalue weighted by Gasteiger charge is -2.38. The second-order valence-corrected chi connectivity index (χ2v) is 15.5. The molecule has 31 heavy (non-hydrogen) atoms. The summed E-state index contributed by atoms with van der Waals surface area (Å²) in [7, 11) is -3.71. The van der Waals surface area contributed by atoms with Gasteiger partial charge in [0.15, 0.2) is 0 Å². The minimum Gasteiger partial charge on any atom is -0.392 e. The Morgan fingerprint density at radius 3 is 2.29 bits per heavy atom. The summed E-state index contributed by atoms with van der Waals surface area (Å²) < 4.78 is 27.8. The average molecular weight is 492 g/mol. The number of nitrogens with zero attached hydrogens (tertiary/aromatic N) is 1. The number of amides is 1. The van der Waals surface area contributed by atoms with Gasteiger partial charge in [0.1, 0.15) is 0 Å². The molecule has 4 rings (SSSR count). The molecular weight excluding hydrogens is 454 g/mol. The average Bonchev–Trinajstić information content (AvgIpc) is 3.42. The third-order valence-corrected chi connectivity index (χ3v) is 14.6. The first-order valence-electron chi connectivity index (χ1n) is 11.5. The number of aliphatic hydroxyl groups is 2. The van der Waals surface area contributed by atoms with Crippen molar-refractivity contribution in [2.24, 2.45) is 34.5 Å². The van der Waals surface area contributed by atoms with E-state index in [0.717, 1.165) is 35.1 Å². The van der Waals surface area contributed by atoms with Crippen LogP contribution in [0.2, 0.25) is 0 Å². The summed E-state index contributed by atoms with van der Waals surface area (Å²) in [5, 5.41) is 21.9. The minimum atomic E-state index is -3.71.